The van der Waals surface area contributed by atoms with Crippen LogP contribution < -0.4 is 5.32 Å². The number of hydrogen-bond donors (Lipinski definition) is 1. The number of hydrogen-bond acceptors (Lipinski definition) is 2. The zero-order chi connectivity index (χ0) is 12.3. The molecule has 2 rings (SSSR count). The third-order valence-corrected chi connectivity index (χ3v) is 3.84. The molecule has 0 aliphatic heterocycles. The molecule has 1 unspecified atom stereocenters. The van der Waals surface area contributed by atoms with E-state index in [4.69, 9.17) is 0 Å². The molecular weight excluding hydrogens is 215 g/mol. The maximum absolute atomic E-state index is 12.8. The second kappa shape index (κ2) is 5.13. The SMILES string of the molecule is CC(NCC1(C)CCCC1)c1ccc(F)cn1. The Morgan fingerprint density at radius 3 is 2.71 bits per heavy atom. The van der Waals surface area contributed by atoms with E-state index in [2.05, 4.69) is 24.1 Å². The van der Waals surface area contributed by atoms with Gasteiger partial charge in [-0.1, -0.05) is 19.8 Å². The van der Waals surface area contributed by atoms with Gasteiger partial charge in [0, 0.05) is 12.6 Å². The molecule has 1 saturated carbocycles. The third kappa shape index (κ3) is 3.25. The van der Waals surface area contributed by atoms with Gasteiger partial charge in [0.05, 0.1) is 11.9 Å². The van der Waals surface area contributed by atoms with Gasteiger partial charge >= 0.3 is 0 Å². The summed E-state index contributed by atoms with van der Waals surface area (Å²) in [6.07, 6.45) is 6.60. The molecule has 1 heterocycles. The number of halogens is 1. The standard InChI is InChI=1S/C14H21FN2/c1-11(13-6-5-12(15)9-16-13)17-10-14(2)7-3-4-8-14/h5-6,9,11,17H,3-4,7-8,10H2,1-2H3. The summed E-state index contributed by atoms with van der Waals surface area (Å²) in [4.78, 5) is 4.11. The van der Waals surface area contributed by atoms with Crippen LogP contribution in [0.4, 0.5) is 4.39 Å². The van der Waals surface area contributed by atoms with Crippen molar-refractivity contribution in [1.29, 1.82) is 0 Å². The van der Waals surface area contributed by atoms with Crippen molar-refractivity contribution in [3.63, 3.8) is 0 Å². The van der Waals surface area contributed by atoms with Crippen molar-refractivity contribution in [3.8, 4) is 0 Å². The highest BCUT2D eigenvalue weighted by Crippen LogP contribution is 2.37. The van der Waals surface area contributed by atoms with Crippen molar-refractivity contribution >= 4 is 0 Å². The van der Waals surface area contributed by atoms with Crippen molar-refractivity contribution in [2.24, 2.45) is 5.41 Å². The van der Waals surface area contributed by atoms with Crippen LogP contribution >= 0.6 is 0 Å². The van der Waals surface area contributed by atoms with Crippen LogP contribution in [0.15, 0.2) is 18.3 Å². The fraction of sp³-hybridized carbons (Fsp3) is 0.643. The van der Waals surface area contributed by atoms with Gasteiger partial charge in [-0.2, -0.15) is 0 Å². The molecule has 3 heteroatoms. The third-order valence-electron chi connectivity index (χ3n) is 3.84. The minimum absolute atomic E-state index is 0.188. The molecule has 1 aromatic heterocycles. The van der Waals surface area contributed by atoms with Crippen LogP contribution in [-0.4, -0.2) is 11.5 Å². The van der Waals surface area contributed by atoms with Crippen LogP contribution in [0.25, 0.3) is 0 Å². The lowest BCUT2D eigenvalue weighted by Crippen LogP contribution is -2.31. The molecule has 0 aromatic carbocycles. The molecule has 1 aliphatic carbocycles. The van der Waals surface area contributed by atoms with E-state index >= 15 is 0 Å². The zero-order valence-electron chi connectivity index (χ0n) is 10.7. The van der Waals surface area contributed by atoms with Gasteiger partial charge in [0.15, 0.2) is 0 Å². The maximum atomic E-state index is 12.8. The Morgan fingerprint density at radius 1 is 1.41 bits per heavy atom. The van der Waals surface area contributed by atoms with Crippen LogP contribution in [0.1, 0.15) is 51.3 Å². The predicted molar refractivity (Wildman–Crippen MR) is 67.2 cm³/mol. The molecule has 94 valence electrons. The molecule has 1 atom stereocenters. The first-order chi connectivity index (χ1) is 8.09. The summed E-state index contributed by atoms with van der Waals surface area (Å²) >= 11 is 0. The molecule has 1 N–H and O–H groups in total. The lowest BCUT2D eigenvalue weighted by Gasteiger charge is -2.26. The van der Waals surface area contributed by atoms with Gasteiger partial charge in [0.2, 0.25) is 0 Å². The van der Waals surface area contributed by atoms with E-state index in [1.165, 1.54) is 37.9 Å². The maximum Gasteiger partial charge on any atom is 0.141 e. The normalized spacial score (nSPS) is 20.4. The first-order valence-electron chi connectivity index (χ1n) is 6.44. The Hall–Kier alpha value is -0.960. The van der Waals surface area contributed by atoms with Gasteiger partial charge in [-0.15, -0.1) is 0 Å². The first kappa shape index (κ1) is 12.5. The molecular formula is C14H21FN2. The number of rotatable bonds is 4. The Labute approximate surface area is 103 Å². The summed E-state index contributed by atoms with van der Waals surface area (Å²) in [5, 5.41) is 3.52. The Balaban J connectivity index is 1.88. The molecule has 1 fully saturated rings. The number of pyridine rings is 1. The monoisotopic (exact) mass is 236 g/mol. The molecule has 0 spiro atoms. The number of nitrogens with one attached hydrogen (secondary N) is 1. The van der Waals surface area contributed by atoms with E-state index in [0.29, 0.717) is 5.41 Å². The Bertz CT molecular complexity index is 355. The van der Waals surface area contributed by atoms with Gasteiger partial charge in [-0.05, 0) is 37.3 Å². The van der Waals surface area contributed by atoms with E-state index < -0.39 is 0 Å². The highest BCUT2D eigenvalue weighted by Gasteiger charge is 2.28. The molecule has 0 bridgehead atoms. The van der Waals surface area contributed by atoms with Crippen LogP contribution in [0, 0.1) is 11.2 Å². The molecule has 1 aromatic rings. The molecule has 17 heavy (non-hydrogen) atoms. The van der Waals surface area contributed by atoms with E-state index in [0.717, 1.165) is 12.2 Å². The second-order valence-corrected chi connectivity index (χ2v) is 5.52. The van der Waals surface area contributed by atoms with Crippen LogP contribution in [0.2, 0.25) is 0 Å². The summed E-state index contributed by atoms with van der Waals surface area (Å²) in [6, 6.07) is 3.41. The second-order valence-electron chi connectivity index (χ2n) is 5.52. The largest absolute Gasteiger partial charge is 0.308 e. The topological polar surface area (TPSA) is 24.9 Å². The first-order valence-corrected chi connectivity index (χ1v) is 6.44. The van der Waals surface area contributed by atoms with Gasteiger partial charge in [-0.25, -0.2) is 4.39 Å². The highest BCUT2D eigenvalue weighted by molar-refractivity contribution is 5.09. The molecule has 1 aliphatic rings. The summed E-state index contributed by atoms with van der Waals surface area (Å²) in [5.74, 6) is -0.274. The average molecular weight is 236 g/mol. The summed E-state index contributed by atoms with van der Waals surface area (Å²) in [5.41, 5.74) is 1.35. The van der Waals surface area contributed by atoms with Crippen molar-refractivity contribution in [1.82, 2.24) is 10.3 Å². The number of aromatic nitrogens is 1. The van der Waals surface area contributed by atoms with Crippen LogP contribution in [0.5, 0.6) is 0 Å². The van der Waals surface area contributed by atoms with E-state index in [9.17, 15) is 4.39 Å². The quantitative estimate of drug-likeness (QED) is 0.866. The smallest absolute Gasteiger partial charge is 0.141 e. The Kier molecular flexibility index (Phi) is 3.77. The van der Waals surface area contributed by atoms with E-state index in [-0.39, 0.29) is 11.9 Å². The van der Waals surface area contributed by atoms with Gasteiger partial charge in [0.1, 0.15) is 5.82 Å². The average Bonchev–Trinajstić information content (AvgIpc) is 2.75. The molecule has 0 amide bonds. The zero-order valence-corrected chi connectivity index (χ0v) is 10.7. The summed E-state index contributed by atoms with van der Waals surface area (Å²) in [6.45, 7) is 5.45. The van der Waals surface area contributed by atoms with Crippen molar-refractivity contribution in [2.45, 2.75) is 45.6 Å². The van der Waals surface area contributed by atoms with Crippen molar-refractivity contribution in [2.75, 3.05) is 6.54 Å². The van der Waals surface area contributed by atoms with Gasteiger partial charge < -0.3 is 5.32 Å². The van der Waals surface area contributed by atoms with Crippen LogP contribution in [-0.2, 0) is 0 Å². The predicted octanol–water partition coefficient (Wildman–Crippen LogP) is 3.45. The van der Waals surface area contributed by atoms with Crippen molar-refractivity contribution < 1.29 is 4.39 Å². The minimum Gasteiger partial charge on any atom is -0.308 e. The summed E-state index contributed by atoms with van der Waals surface area (Å²) < 4.78 is 12.8. The van der Waals surface area contributed by atoms with Gasteiger partial charge in [-0.3, -0.25) is 4.98 Å². The molecule has 0 radical (unpaired) electrons. The van der Waals surface area contributed by atoms with E-state index in [1.54, 1.807) is 6.07 Å². The molecule has 0 saturated heterocycles. The lowest BCUT2D eigenvalue weighted by molar-refractivity contribution is 0.300. The fourth-order valence-corrected chi connectivity index (χ4v) is 2.55. The summed E-state index contributed by atoms with van der Waals surface area (Å²) in [7, 11) is 0. The fourth-order valence-electron chi connectivity index (χ4n) is 2.55. The van der Waals surface area contributed by atoms with Crippen molar-refractivity contribution in [3.05, 3.63) is 29.8 Å². The van der Waals surface area contributed by atoms with Crippen LogP contribution in [0.3, 0.4) is 0 Å². The minimum atomic E-state index is -0.274. The van der Waals surface area contributed by atoms with E-state index in [1.807, 2.05) is 0 Å². The Morgan fingerprint density at radius 2 is 2.12 bits per heavy atom. The lowest BCUT2D eigenvalue weighted by atomic mass is 9.88. The number of nitrogens with zero attached hydrogens (tertiary/aromatic N) is 1. The van der Waals surface area contributed by atoms with Gasteiger partial charge in [0.25, 0.3) is 0 Å². The highest BCUT2D eigenvalue weighted by atomic mass is 19.1. The molecule has 2 nitrogen and oxygen atoms in total.